The summed E-state index contributed by atoms with van der Waals surface area (Å²) >= 11 is 0. The number of likely N-dealkylation sites (tertiary alicyclic amines) is 1. The Bertz CT molecular complexity index is 768. The average molecular weight is 357 g/mol. The topological polar surface area (TPSA) is 89.9 Å². The third kappa shape index (κ3) is 2.96. The molecule has 3 aliphatic rings. The number of rotatable bonds is 3. The number of nitrogens with one attached hydrogen (secondary N) is 1. The fourth-order valence-corrected chi connectivity index (χ4v) is 4.64. The Morgan fingerprint density at radius 3 is 2.58 bits per heavy atom. The van der Waals surface area contributed by atoms with Gasteiger partial charge in [-0.3, -0.25) is 24.7 Å². The molecule has 1 aromatic rings. The van der Waals surface area contributed by atoms with E-state index in [0.29, 0.717) is 13.0 Å². The van der Waals surface area contributed by atoms with Gasteiger partial charge in [0.1, 0.15) is 0 Å². The first-order chi connectivity index (χ1) is 12.5. The largest absolute Gasteiger partial charge is 0.480 e. The third-order valence-electron chi connectivity index (χ3n) is 6.07. The Morgan fingerprint density at radius 2 is 1.88 bits per heavy atom. The molecule has 2 aliphatic heterocycles. The summed E-state index contributed by atoms with van der Waals surface area (Å²) in [6.45, 7) is 2.15. The van der Waals surface area contributed by atoms with E-state index in [1.165, 1.54) is 11.1 Å². The Kier molecular flexibility index (Phi) is 4.19. The van der Waals surface area contributed by atoms with Crippen molar-refractivity contribution in [3.05, 3.63) is 29.3 Å². The normalized spacial score (nSPS) is 22.4. The highest BCUT2D eigenvalue weighted by molar-refractivity contribution is 6.05. The zero-order valence-corrected chi connectivity index (χ0v) is 14.7. The van der Waals surface area contributed by atoms with Crippen LogP contribution in [0.5, 0.6) is 0 Å². The molecular weight excluding hydrogens is 334 g/mol. The molecule has 1 aromatic carbocycles. The predicted molar refractivity (Wildman–Crippen MR) is 95.3 cm³/mol. The zero-order valence-electron chi connectivity index (χ0n) is 14.7. The number of aliphatic carboxylic acids is 1. The van der Waals surface area contributed by atoms with Gasteiger partial charge in [-0.15, -0.1) is 0 Å². The van der Waals surface area contributed by atoms with Crippen LogP contribution in [0.4, 0.5) is 10.5 Å². The zero-order chi connectivity index (χ0) is 18.3. The molecule has 2 heterocycles. The van der Waals surface area contributed by atoms with Gasteiger partial charge in [0.25, 0.3) is 0 Å². The number of imide groups is 1. The first-order valence-electron chi connectivity index (χ1n) is 9.16. The number of amides is 3. The second-order valence-corrected chi connectivity index (χ2v) is 7.55. The van der Waals surface area contributed by atoms with Crippen LogP contribution in [0, 0.1) is 0 Å². The summed E-state index contributed by atoms with van der Waals surface area (Å²) in [5, 5.41) is 11.3. The van der Waals surface area contributed by atoms with Gasteiger partial charge in [-0.25, -0.2) is 4.79 Å². The molecule has 3 amide bonds. The Labute approximate surface area is 152 Å². The lowest BCUT2D eigenvalue weighted by Gasteiger charge is -2.39. The molecule has 0 bridgehead atoms. The number of carboxylic acid groups (broad SMARTS) is 1. The van der Waals surface area contributed by atoms with Crippen molar-refractivity contribution in [1.82, 2.24) is 10.2 Å². The van der Waals surface area contributed by atoms with Crippen molar-refractivity contribution < 1.29 is 19.5 Å². The fraction of sp³-hybridized carbons (Fsp3) is 0.526. The van der Waals surface area contributed by atoms with Crippen LogP contribution in [-0.4, -0.2) is 54.1 Å². The first kappa shape index (κ1) is 17.0. The molecule has 2 fully saturated rings. The minimum absolute atomic E-state index is 0.116. The summed E-state index contributed by atoms with van der Waals surface area (Å²) in [5.41, 5.74) is 3.61. The Morgan fingerprint density at radius 1 is 1.12 bits per heavy atom. The highest BCUT2D eigenvalue weighted by Gasteiger charge is 2.41. The molecule has 138 valence electrons. The first-order valence-corrected chi connectivity index (χ1v) is 9.16. The summed E-state index contributed by atoms with van der Waals surface area (Å²) in [5.74, 6) is -0.991. The number of fused-ring (bicyclic) bond motifs is 2. The van der Waals surface area contributed by atoms with Crippen molar-refractivity contribution in [2.75, 3.05) is 31.1 Å². The van der Waals surface area contributed by atoms with Crippen LogP contribution in [-0.2, 0) is 21.4 Å². The van der Waals surface area contributed by atoms with Crippen molar-refractivity contribution in [2.45, 2.75) is 37.5 Å². The fourth-order valence-electron chi connectivity index (χ4n) is 4.64. The second-order valence-electron chi connectivity index (χ2n) is 7.55. The predicted octanol–water partition coefficient (Wildman–Crippen LogP) is 1.50. The highest BCUT2D eigenvalue weighted by atomic mass is 16.4. The number of anilines is 1. The molecule has 0 radical (unpaired) electrons. The van der Waals surface area contributed by atoms with E-state index in [-0.39, 0.29) is 23.9 Å². The van der Waals surface area contributed by atoms with Crippen LogP contribution in [0.2, 0.25) is 0 Å². The number of piperidine rings is 1. The SMILES string of the molecule is O=C(O)CN1CCC2(CCc3cc(N4CCC(=O)NC4=O)ccc32)CC1. The van der Waals surface area contributed by atoms with Gasteiger partial charge in [0.15, 0.2) is 0 Å². The summed E-state index contributed by atoms with van der Waals surface area (Å²) in [6, 6.07) is 5.85. The minimum atomic E-state index is -0.768. The van der Waals surface area contributed by atoms with Crippen LogP contribution in [0.1, 0.15) is 36.8 Å². The number of benzene rings is 1. The summed E-state index contributed by atoms with van der Waals surface area (Å²) in [4.78, 5) is 37.9. The summed E-state index contributed by atoms with van der Waals surface area (Å²) < 4.78 is 0. The van der Waals surface area contributed by atoms with Gasteiger partial charge in [0, 0.05) is 18.7 Å². The number of aryl methyl sites for hydroxylation is 1. The van der Waals surface area contributed by atoms with Crippen LogP contribution in [0.25, 0.3) is 0 Å². The third-order valence-corrected chi connectivity index (χ3v) is 6.07. The number of hydrogen-bond acceptors (Lipinski definition) is 4. The molecule has 7 nitrogen and oxygen atoms in total. The number of hydrogen-bond donors (Lipinski definition) is 2. The maximum atomic E-state index is 12.1. The van der Waals surface area contributed by atoms with Crippen molar-refractivity contribution in [2.24, 2.45) is 0 Å². The van der Waals surface area contributed by atoms with Crippen molar-refractivity contribution in [1.29, 1.82) is 0 Å². The molecule has 2 saturated heterocycles. The van der Waals surface area contributed by atoms with Gasteiger partial charge >= 0.3 is 12.0 Å². The van der Waals surface area contributed by atoms with Gasteiger partial charge in [-0.05, 0) is 67.4 Å². The maximum absolute atomic E-state index is 12.1. The summed E-state index contributed by atoms with van der Waals surface area (Å²) in [6.07, 6.45) is 4.34. The van der Waals surface area contributed by atoms with Gasteiger partial charge in [-0.1, -0.05) is 6.07 Å². The molecule has 1 spiro atoms. The van der Waals surface area contributed by atoms with Crippen LogP contribution < -0.4 is 10.2 Å². The lowest BCUT2D eigenvalue weighted by atomic mass is 9.74. The van der Waals surface area contributed by atoms with E-state index in [4.69, 9.17) is 5.11 Å². The van der Waals surface area contributed by atoms with E-state index in [1.807, 2.05) is 11.0 Å². The molecule has 2 N–H and O–H groups in total. The van der Waals surface area contributed by atoms with E-state index >= 15 is 0 Å². The standard InChI is InChI=1S/C19H23N3O4/c23-16-4-8-22(18(26)20-16)14-1-2-15-13(11-14)3-5-19(15)6-9-21(10-7-19)12-17(24)25/h1-2,11H,3-10,12H2,(H,24,25)(H,20,23,26). The minimum Gasteiger partial charge on any atom is -0.480 e. The lowest BCUT2D eigenvalue weighted by molar-refractivity contribution is -0.138. The van der Waals surface area contributed by atoms with E-state index in [9.17, 15) is 14.4 Å². The average Bonchev–Trinajstić information content (AvgIpc) is 2.95. The maximum Gasteiger partial charge on any atom is 0.328 e. The Hall–Kier alpha value is -2.41. The van der Waals surface area contributed by atoms with Gasteiger partial charge in [0.05, 0.1) is 6.54 Å². The lowest BCUT2D eigenvalue weighted by Crippen LogP contribution is -2.49. The molecule has 0 saturated carbocycles. The van der Waals surface area contributed by atoms with E-state index in [0.717, 1.165) is 44.5 Å². The van der Waals surface area contributed by atoms with E-state index < -0.39 is 5.97 Å². The molecule has 0 aromatic heterocycles. The number of carboxylic acids is 1. The van der Waals surface area contributed by atoms with Gasteiger partial charge < -0.3 is 5.11 Å². The van der Waals surface area contributed by atoms with Gasteiger partial charge in [-0.2, -0.15) is 0 Å². The van der Waals surface area contributed by atoms with Gasteiger partial charge in [0.2, 0.25) is 5.91 Å². The highest BCUT2D eigenvalue weighted by Crippen LogP contribution is 2.47. The van der Waals surface area contributed by atoms with Crippen molar-refractivity contribution in [3.63, 3.8) is 0 Å². The number of carbonyl (C=O) groups excluding carboxylic acids is 2. The monoisotopic (exact) mass is 357 g/mol. The second kappa shape index (κ2) is 6.39. The quantitative estimate of drug-likeness (QED) is 0.856. The summed E-state index contributed by atoms with van der Waals surface area (Å²) in [7, 11) is 0. The molecule has 7 heteroatoms. The van der Waals surface area contributed by atoms with E-state index in [2.05, 4.69) is 17.4 Å². The van der Waals surface area contributed by atoms with Crippen LogP contribution in [0.3, 0.4) is 0 Å². The van der Waals surface area contributed by atoms with E-state index in [1.54, 1.807) is 4.90 Å². The molecule has 0 atom stereocenters. The number of nitrogens with zero attached hydrogens (tertiary/aromatic N) is 2. The van der Waals surface area contributed by atoms with Crippen molar-refractivity contribution in [3.8, 4) is 0 Å². The number of carbonyl (C=O) groups is 3. The van der Waals surface area contributed by atoms with Crippen LogP contribution in [0.15, 0.2) is 18.2 Å². The molecule has 1 aliphatic carbocycles. The van der Waals surface area contributed by atoms with Crippen LogP contribution >= 0.6 is 0 Å². The number of urea groups is 1. The molecular formula is C19H23N3O4. The molecule has 26 heavy (non-hydrogen) atoms. The van der Waals surface area contributed by atoms with Crippen molar-refractivity contribution >= 4 is 23.6 Å². The Balaban J connectivity index is 1.51. The molecule has 0 unspecified atom stereocenters. The molecule has 4 rings (SSSR count). The smallest absolute Gasteiger partial charge is 0.328 e.